The average molecular weight is 359 g/mol. The largest absolute Gasteiger partial charge is 0.433 e. The number of ketones is 2. The summed E-state index contributed by atoms with van der Waals surface area (Å²) >= 11 is 0. The van der Waals surface area contributed by atoms with Crippen LogP contribution in [0.5, 0.6) is 0 Å². The van der Waals surface area contributed by atoms with Crippen LogP contribution in [-0.4, -0.2) is 36.9 Å². The Morgan fingerprint density at radius 2 is 2.04 bits per heavy atom. The molecule has 25 heavy (non-hydrogen) atoms. The van der Waals surface area contributed by atoms with Crippen LogP contribution in [0.25, 0.3) is 0 Å². The van der Waals surface area contributed by atoms with Gasteiger partial charge < -0.3 is 9.47 Å². The van der Waals surface area contributed by atoms with Gasteiger partial charge in [0.1, 0.15) is 11.5 Å². The van der Waals surface area contributed by atoms with Crippen molar-refractivity contribution in [2.45, 2.75) is 38.5 Å². The molecule has 5 nitrogen and oxygen atoms in total. The van der Waals surface area contributed by atoms with Crippen LogP contribution in [0.15, 0.2) is 12.1 Å². The lowest BCUT2D eigenvalue weighted by molar-refractivity contribution is -0.141. The third-order valence-corrected chi connectivity index (χ3v) is 4.07. The second-order valence-corrected chi connectivity index (χ2v) is 5.86. The lowest BCUT2D eigenvalue weighted by Gasteiger charge is -2.20. The quantitative estimate of drug-likeness (QED) is 0.425. The van der Waals surface area contributed by atoms with E-state index in [-0.39, 0.29) is 36.9 Å². The van der Waals surface area contributed by atoms with E-state index in [9.17, 15) is 22.8 Å². The van der Waals surface area contributed by atoms with Crippen LogP contribution < -0.4 is 0 Å². The molecule has 8 heteroatoms. The fourth-order valence-corrected chi connectivity index (χ4v) is 2.75. The number of halogens is 3. The Labute approximate surface area is 143 Å². The minimum atomic E-state index is -4.62. The van der Waals surface area contributed by atoms with Crippen molar-refractivity contribution < 1.29 is 32.2 Å². The molecule has 0 aliphatic heterocycles. The highest BCUT2D eigenvalue weighted by atomic mass is 19.4. The molecule has 1 aromatic heterocycles. The molecule has 0 amide bonds. The standard InChI is InChI=1S/C17H20F3NO4/c1-24-8-9-25-10-13-11(6-7-15(21-13)17(18,19)20)16(23)12-4-2-3-5-14(12)22/h6-7,12H,2-5,8-10H2,1H3. The third kappa shape index (κ3) is 5.09. The SMILES string of the molecule is COCCOCc1nc(C(F)(F)F)ccc1C(=O)C1CCCCC1=O. The van der Waals surface area contributed by atoms with Gasteiger partial charge in [0.15, 0.2) is 5.78 Å². The second-order valence-electron chi connectivity index (χ2n) is 5.86. The zero-order valence-corrected chi connectivity index (χ0v) is 13.9. The molecule has 1 unspecified atom stereocenters. The first-order valence-electron chi connectivity index (χ1n) is 8.05. The minimum Gasteiger partial charge on any atom is -0.382 e. The van der Waals surface area contributed by atoms with Crippen molar-refractivity contribution >= 4 is 11.6 Å². The van der Waals surface area contributed by atoms with Crippen LogP contribution in [0.1, 0.15) is 47.4 Å². The molecular weight excluding hydrogens is 339 g/mol. The first-order valence-corrected chi connectivity index (χ1v) is 8.05. The smallest absolute Gasteiger partial charge is 0.382 e. The van der Waals surface area contributed by atoms with E-state index >= 15 is 0 Å². The topological polar surface area (TPSA) is 65.5 Å². The highest BCUT2D eigenvalue weighted by Gasteiger charge is 2.35. The first kappa shape index (κ1) is 19.5. The van der Waals surface area contributed by atoms with E-state index in [2.05, 4.69) is 4.98 Å². The Bertz CT molecular complexity index is 631. The number of aromatic nitrogens is 1. The molecule has 1 fully saturated rings. The lowest BCUT2D eigenvalue weighted by Crippen LogP contribution is -2.28. The van der Waals surface area contributed by atoms with E-state index in [0.29, 0.717) is 12.8 Å². The minimum absolute atomic E-state index is 0.0191. The summed E-state index contributed by atoms with van der Waals surface area (Å²) in [6.07, 6.45) is -2.40. The van der Waals surface area contributed by atoms with Crippen LogP contribution in [0.4, 0.5) is 13.2 Å². The zero-order valence-electron chi connectivity index (χ0n) is 13.9. The van der Waals surface area contributed by atoms with Crippen molar-refractivity contribution in [2.24, 2.45) is 5.92 Å². The van der Waals surface area contributed by atoms with E-state index in [0.717, 1.165) is 25.0 Å². The molecular formula is C17H20F3NO4. The Morgan fingerprint density at radius 1 is 1.28 bits per heavy atom. The summed E-state index contributed by atoms with van der Waals surface area (Å²) < 4.78 is 48.7. The summed E-state index contributed by atoms with van der Waals surface area (Å²) in [7, 11) is 1.47. The molecule has 1 aliphatic rings. The van der Waals surface area contributed by atoms with Crippen LogP contribution >= 0.6 is 0 Å². The van der Waals surface area contributed by atoms with Gasteiger partial charge in [-0.25, -0.2) is 4.98 Å². The Hall–Kier alpha value is -1.80. The molecule has 1 heterocycles. The van der Waals surface area contributed by atoms with Gasteiger partial charge in [-0.3, -0.25) is 9.59 Å². The zero-order chi connectivity index (χ0) is 18.4. The van der Waals surface area contributed by atoms with Crippen molar-refractivity contribution in [3.05, 3.63) is 29.1 Å². The van der Waals surface area contributed by atoms with Gasteiger partial charge in [-0.05, 0) is 25.0 Å². The molecule has 1 atom stereocenters. The van der Waals surface area contributed by atoms with Crippen molar-refractivity contribution in [3.63, 3.8) is 0 Å². The number of alkyl halides is 3. The molecule has 2 rings (SSSR count). The van der Waals surface area contributed by atoms with E-state index in [4.69, 9.17) is 9.47 Å². The fraction of sp³-hybridized carbons (Fsp3) is 0.588. The summed E-state index contributed by atoms with van der Waals surface area (Å²) in [6.45, 7) is 0.170. The van der Waals surface area contributed by atoms with Gasteiger partial charge >= 0.3 is 6.18 Å². The van der Waals surface area contributed by atoms with E-state index in [1.807, 2.05) is 0 Å². The third-order valence-electron chi connectivity index (χ3n) is 4.07. The molecule has 1 saturated carbocycles. The second kappa shape index (κ2) is 8.53. The predicted molar refractivity (Wildman–Crippen MR) is 82.1 cm³/mol. The highest BCUT2D eigenvalue weighted by molar-refractivity contribution is 6.11. The normalized spacial score (nSPS) is 18.4. The van der Waals surface area contributed by atoms with Gasteiger partial charge in [-0.1, -0.05) is 6.42 Å². The molecule has 0 N–H and O–H groups in total. The highest BCUT2D eigenvalue weighted by Crippen LogP contribution is 2.30. The number of Topliss-reactive ketones (excluding diaryl/α,β-unsaturated/α-hetero) is 2. The van der Waals surface area contributed by atoms with Crippen LogP contribution in [0, 0.1) is 5.92 Å². The molecule has 0 radical (unpaired) electrons. The Balaban J connectivity index is 2.27. The monoisotopic (exact) mass is 359 g/mol. The summed E-state index contributed by atoms with van der Waals surface area (Å²) in [6, 6.07) is 1.86. The van der Waals surface area contributed by atoms with Gasteiger partial charge in [0, 0.05) is 19.1 Å². The number of nitrogens with zero attached hydrogens (tertiary/aromatic N) is 1. The average Bonchev–Trinajstić information content (AvgIpc) is 2.57. The fourth-order valence-electron chi connectivity index (χ4n) is 2.75. The molecule has 1 aliphatic carbocycles. The molecule has 0 spiro atoms. The van der Waals surface area contributed by atoms with Gasteiger partial charge in [0.2, 0.25) is 0 Å². The molecule has 0 bridgehead atoms. The van der Waals surface area contributed by atoms with Crippen molar-refractivity contribution in [2.75, 3.05) is 20.3 Å². The Morgan fingerprint density at radius 3 is 2.68 bits per heavy atom. The first-order chi connectivity index (χ1) is 11.8. The van der Waals surface area contributed by atoms with Crippen molar-refractivity contribution in [3.8, 4) is 0 Å². The summed E-state index contributed by atoms with van der Waals surface area (Å²) in [4.78, 5) is 28.2. The van der Waals surface area contributed by atoms with Crippen LogP contribution in [0.3, 0.4) is 0 Å². The van der Waals surface area contributed by atoms with Crippen LogP contribution in [-0.2, 0) is 27.1 Å². The number of pyridine rings is 1. The molecule has 138 valence electrons. The lowest BCUT2D eigenvalue weighted by atomic mass is 9.82. The van der Waals surface area contributed by atoms with Crippen molar-refractivity contribution in [1.29, 1.82) is 0 Å². The Kier molecular flexibility index (Phi) is 6.66. The summed E-state index contributed by atoms with van der Waals surface area (Å²) in [5.41, 5.74) is -1.18. The van der Waals surface area contributed by atoms with Gasteiger partial charge in [-0.15, -0.1) is 0 Å². The maximum Gasteiger partial charge on any atom is 0.433 e. The van der Waals surface area contributed by atoms with Gasteiger partial charge in [-0.2, -0.15) is 13.2 Å². The van der Waals surface area contributed by atoms with Gasteiger partial charge in [0.25, 0.3) is 0 Å². The summed E-state index contributed by atoms with van der Waals surface area (Å²) in [5, 5.41) is 0. The summed E-state index contributed by atoms with van der Waals surface area (Å²) in [5.74, 6) is -1.44. The number of hydrogen-bond donors (Lipinski definition) is 0. The van der Waals surface area contributed by atoms with Crippen LogP contribution in [0.2, 0.25) is 0 Å². The molecule has 0 aromatic carbocycles. The van der Waals surface area contributed by atoms with E-state index in [1.54, 1.807) is 0 Å². The number of hydrogen-bond acceptors (Lipinski definition) is 5. The maximum absolute atomic E-state index is 12.9. The predicted octanol–water partition coefficient (Wildman–Crippen LogP) is 3.21. The number of rotatable bonds is 7. The number of methoxy groups -OCH3 is 1. The number of carbonyl (C=O) groups is 2. The molecule has 1 aromatic rings. The number of ether oxygens (including phenoxy) is 2. The van der Waals surface area contributed by atoms with Gasteiger partial charge in [0.05, 0.1) is 31.4 Å². The van der Waals surface area contributed by atoms with E-state index < -0.39 is 23.6 Å². The molecule has 0 saturated heterocycles. The maximum atomic E-state index is 12.9. The van der Waals surface area contributed by atoms with E-state index in [1.165, 1.54) is 7.11 Å². The number of carbonyl (C=O) groups excluding carboxylic acids is 2. The van der Waals surface area contributed by atoms with Crippen molar-refractivity contribution in [1.82, 2.24) is 4.98 Å².